The van der Waals surface area contributed by atoms with Crippen LogP contribution in [0, 0.1) is 5.92 Å². The maximum absolute atomic E-state index is 5.74. The van der Waals surface area contributed by atoms with Gasteiger partial charge >= 0.3 is 0 Å². The Morgan fingerprint density at radius 3 is 2.86 bits per heavy atom. The molecule has 2 aliphatic rings. The molecule has 2 rings (SSSR count). The van der Waals surface area contributed by atoms with E-state index in [2.05, 4.69) is 35.9 Å². The summed E-state index contributed by atoms with van der Waals surface area (Å²) in [7, 11) is 0. The summed E-state index contributed by atoms with van der Waals surface area (Å²) >= 11 is 3.54. The first kappa shape index (κ1) is 10.7. The zero-order valence-electron chi connectivity index (χ0n) is 8.75. The Balaban J connectivity index is 1.99. The van der Waals surface area contributed by atoms with Crippen molar-refractivity contribution in [3.8, 4) is 0 Å². The molecule has 1 saturated heterocycles. The second-order valence-electron chi connectivity index (χ2n) is 4.73. The van der Waals surface area contributed by atoms with Crippen molar-refractivity contribution in [1.82, 2.24) is 0 Å². The Labute approximate surface area is 93.8 Å². The van der Waals surface area contributed by atoms with E-state index in [9.17, 15) is 0 Å². The SMILES string of the molecule is CC1(C)CC(C2C=C(Br)CCO2)CO1. The molecule has 0 aromatic carbocycles. The van der Waals surface area contributed by atoms with Gasteiger partial charge in [-0.3, -0.25) is 0 Å². The highest BCUT2D eigenvalue weighted by Gasteiger charge is 2.36. The number of ether oxygens (including phenoxy) is 2. The molecule has 0 bridgehead atoms. The van der Waals surface area contributed by atoms with Gasteiger partial charge in [0.25, 0.3) is 0 Å². The summed E-state index contributed by atoms with van der Waals surface area (Å²) in [6.45, 7) is 5.95. The summed E-state index contributed by atoms with van der Waals surface area (Å²) in [5, 5.41) is 0. The number of hydrogen-bond acceptors (Lipinski definition) is 2. The van der Waals surface area contributed by atoms with E-state index >= 15 is 0 Å². The van der Waals surface area contributed by atoms with Gasteiger partial charge in [-0.15, -0.1) is 0 Å². The molecule has 14 heavy (non-hydrogen) atoms. The average Bonchev–Trinajstić information content (AvgIpc) is 2.46. The molecule has 0 aromatic rings. The van der Waals surface area contributed by atoms with Gasteiger partial charge in [0.2, 0.25) is 0 Å². The lowest BCUT2D eigenvalue weighted by Gasteiger charge is -2.24. The van der Waals surface area contributed by atoms with Gasteiger partial charge in [0, 0.05) is 12.3 Å². The van der Waals surface area contributed by atoms with Crippen LogP contribution in [0.15, 0.2) is 10.6 Å². The predicted octanol–water partition coefficient (Wildman–Crippen LogP) is 2.87. The van der Waals surface area contributed by atoms with Crippen molar-refractivity contribution in [2.45, 2.75) is 38.4 Å². The Hall–Kier alpha value is 0.140. The lowest BCUT2D eigenvalue weighted by atomic mass is 9.92. The first-order chi connectivity index (χ1) is 6.57. The second-order valence-corrected chi connectivity index (χ2v) is 5.75. The van der Waals surface area contributed by atoms with Crippen molar-refractivity contribution in [3.05, 3.63) is 10.6 Å². The first-order valence-electron chi connectivity index (χ1n) is 5.19. The smallest absolute Gasteiger partial charge is 0.0817 e. The first-order valence-corrected chi connectivity index (χ1v) is 5.98. The molecule has 2 aliphatic heterocycles. The maximum Gasteiger partial charge on any atom is 0.0817 e. The van der Waals surface area contributed by atoms with Gasteiger partial charge in [0.1, 0.15) is 0 Å². The highest BCUT2D eigenvalue weighted by molar-refractivity contribution is 9.11. The molecule has 0 saturated carbocycles. The molecular weight excluding hydrogens is 244 g/mol. The Kier molecular flexibility index (Phi) is 3.01. The van der Waals surface area contributed by atoms with Crippen molar-refractivity contribution in [2.24, 2.45) is 5.92 Å². The Morgan fingerprint density at radius 1 is 1.50 bits per heavy atom. The summed E-state index contributed by atoms with van der Waals surface area (Å²) in [6, 6.07) is 0. The van der Waals surface area contributed by atoms with E-state index < -0.39 is 0 Å². The number of rotatable bonds is 1. The van der Waals surface area contributed by atoms with E-state index in [1.54, 1.807) is 0 Å². The molecule has 2 heterocycles. The average molecular weight is 261 g/mol. The van der Waals surface area contributed by atoms with Crippen LogP contribution >= 0.6 is 15.9 Å². The van der Waals surface area contributed by atoms with Crippen molar-refractivity contribution in [3.63, 3.8) is 0 Å². The standard InChI is InChI=1S/C11H17BrO2/c1-11(2)6-8(7-14-11)10-5-9(12)3-4-13-10/h5,8,10H,3-4,6-7H2,1-2H3. The largest absolute Gasteiger partial charge is 0.375 e. The van der Waals surface area contributed by atoms with Crippen LogP contribution in [0.1, 0.15) is 26.7 Å². The molecular formula is C11H17BrO2. The molecule has 0 N–H and O–H groups in total. The monoisotopic (exact) mass is 260 g/mol. The fourth-order valence-corrected chi connectivity index (χ4v) is 2.59. The molecule has 0 aromatic heterocycles. The lowest BCUT2D eigenvalue weighted by molar-refractivity contribution is 0.0189. The molecule has 1 fully saturated rings. The molecule has 2 unspecified atom stereocenters. The number of hydrogen-bond donors (Lipinski definition) is 0. The molecule has 2 nitrogen and oxygen atoms in total. The van der Waals surface area contributed by atoms with Gasteiger partial charge in [-0.1, -0.05) is 15.9 Å². The van der Waals surface area contributed by atoms with Crippen LogP contribution in [-0.4, -0.2) is 24.9 Å². The van der Waals surface area contributed by atoms with Crippen LogP contribution in [-0.2, 0) is 9.47 Å². The minimum Gasteiger partial charge on any atom is -0.375 e. The minimum atomic E-state index is 0.0335. The van der Waals surface area contributed by atoms with Gasteiger partial charge < -0.3 is 9.47 Å². The summed E-state index contributed by atoms with van der Waals surface area (Å²) in [5.74, 6) is 0.526. The second kappa shape index (κ2) is 3.95. The van der Waals surface area contributed by atoms with Crippen LogP contribution in [0.4, 0.5) is 0 Å². The van der Waals surface area contributed by atoms with Crippen LogP contribution in [0.2, 0.25) is 0 Å². The van der Waals surface area contributed by atoms with E-state index in [4.69, 9.17) is 9.47 Å². The van der Waals surface area contributed by atoms with Crippen molar-refractivity contribution in [1.29, 1.82) is 0 Å². The summed E-state index contributed by atoms with van der Waals surface area (Å²) in [6.07, 6.45) is 4.54. The minimum absolute atomic E-state index is 0.0335. The summed E-state index contributed by atoms with van der Waals surface area (Å²) in [4.78, 5) is 0. The van der Waals surface area contributed by atoms with Gasteiger partial charge in [0.15, 0.2) is 0 Å². The van der Waals surface area contributed by atoms with E-state index in [0.29, 0.717) is 5.92 Å². The Morgan fingerprint density at radius 2 is 2.29 bits per heavy atom. The fraction of sp³-hybridized carbons (Fsp3) is 0.818. The van der Waals surface area contributed by atoms with Crippen LogP contribution in [0.25, 0.3) is 0 Å². The van der Waals surface area contributed by atoms with Gasteiger partial charge in [-0.25, -0.2) is 0 Å². The quantitative estimate of drug-likeness (QED) is 0.722. The topological polar surface area (TPSA) is 18.5 Å². The number of halogens is 1. The predicted molar refractivity (Wildman–Crippen MR) is 59.5 cm³/mol. The van der Waals surface area contributed by atoms with Crippen LogP contribution in [0.3, 0.4) is 0 Å². The normalized spacial score (nSPS) is 36.9. The highest BCUT2D eigenvalue weighted by Crippen LogP contribution is 2.34. The van der Waals surface area contributed by atoms with E-state index in [1.807, 2.05) is 0 Å². The van der Waals surface area contributed by atoms with Gasteiger partial charge in [-0.05, 0) is 30.8 Å². The zero-order chi connectivity index (χ0) is 10.2. The van der Waals surface area contributed by atoms with Crippen molar-refractivity contribution in [2.75, 3.05) is 13.2 Å². The van der Waals surface area contributed by atoms with E-state index in [0.717, 1.165) is 26.1 Å². The van der Waals surface area contributed by atoms with Crippen LogP contribution in [0.5, 0.6) is 0 Å². The molecule has 0 amide bonds. The lowest BCUT2D eigenvalue weighted by Crippen LogP contribution is -2.26. The third-order valence-corrected chi connectivity index (χ3v) is 3.56. The van der Waals surface area contributed by atoms with E-state index in [-0.39, 0.29) is 11.7 Å². The molecule has 2 atom stereocenters. The molecule has 3 heteroatoms. The molecule has 0 spiro atoms. The van der Waals surface area contributed by atoms with Gasteiger partial charge in [0.05, 0.1) is 24.9 Å². The van der Waals surface area contributed by atoms with Crippen LogP contribution < -0.4 is 0 Å². The van der Waals surface area contributed by atoms with Gasteiger partial charge in [-0.2, -0.15) is 0 Å². The van der Waals surface area contributed by atoms with Crippen molar-refractivity contribution >= 4 is 15.9 Å². The summed E-state index contributed by atoms with van der Waals surface area (Å²) in [5.41, 5.74) is 0.0335. The fourth-order valence-electron chi connectivity index (χ4n) is 2.17. The third kappa shape index (κ3) is 2.38. The van der Waals surface area contributed by atoms with E-state index in [1.165, 1.54) is 4.48 Å². The van der Waals surface area contributed by atoms with Crippen molar-refractivity contribution < 1.29 is 9.47 Å². The molecule has 0 aliphatic carbocycles. The highest BCUT2D eigenvalue weighted by atomic mass is 79.9. The zero-order valence-corrected chi connectivity index (χ0v) is 10.3. The third-order valence-electron chi connectivity index (χ3n) is 2.90. The summed E-state index contributed by atoms with van der Waals surface area (Å²) < 4.78 is 12.7. The molecule has 0 radical (unpaired) electrons. The molecule has 80 valence electrons. The Bertz CT molecular complexity index is 248. The maximum atomic E-state index is 5.74.